The second-order valence-corrected chi connectivity index (χ2v) is 6.74. The maximum Gasteiger partial charge on any atom is 0.282 e. The van der Waals surface area contributed by atoms with Crippen molar-refractivity contribution in [2.24, 2.45) is 0 Å². The average molecular weight is 263 g/mol. The van der Waals surface area contributed by atoms with Crippen molar-refractivity contribution in [3.05, 3.63) is 0 Å². The van der Waals surface area contributed by atoms with Gasteiger partial charge in [0.25, 0.3) is 10.2 Å². The number of nitrogens with zero attached hydrogens (tertiary/aromatic N) is 2. The molecule has 0 saturated carbocycles. The molecule has 1 aliphatic heterocycles. The number of nitrogens with one attached hydrogen (secondary N) is 1. The minimum Gasteiger partial charge on any atom is -0.317 e. The van der Waals surface area contributed by atoms with Crippen LogP contribution in [0, 0.1) is 0 Å². The zero-order chi connectivity index (χ0) is 13.1. The molecule has 0 spiro atoms. The van der Waals surface area contributed by atoms with Crippen LogP contribution in [0.2, 0.25) is 0 Å². The number of hydrogen-bond acceptors (Lipinski definition) is 3. The van der Waals surface area contributed by atoms with Crippen LogP contribution in [-0.2, 0) is 10.2 Å². The first-order valence-electron chi connectivity index (χ1n) is 6.36. The summed E-state index contributed by atoms with van der Waals surface area (Å²) in [5.41, 5.74) is 0. The fourth-order valence-corrected chi connectivity index (χ4v) is 3.91. The predicted octanol–water partition coefficient (Wildman–Crippen LogP) is 0.645. The van der Waals surface area contributed by atoms with E-state index >= 15 is 0 Å². The van der Waals surface area contributed by atoms with Crippen molar-refractivity contribution in [1.29, 1.82) is 0 Å². The van der Waals surface area contributed by atoms with E-state index in [0.29, 0.717) is 6.54 Å². The van der Waals surface area contributed by atoms with Gasteiger partial charge in [-0.05, 0) is 39.8 Å². The Kier molecular flexibility index (Phi) is 5.37. The Hall–Kier alpha value is -0.170. The highest BCUT2D eigenvalue weighted by Gasteiger charge is 2.33. The molecule has 102 valence electrons. The molecule has 1 fully saturated rings. The average Bonchev–Trinajstić information content (AvgIpc) is 2.29. The summed E-state index contributed by atoms with van der Waals surface area (Å²) in [6.45, 7) is 8.06. The Morgan fingerprint density at radius 1 is 1.29 bits per heavy atom. The fourth-order valence-electron chi connectivity index (χ4n) is 2.14. The Balaban J connectivity index is 2.84. The third-order valence-corrected chi connectivity index (χ3v) is 5.71. The molecule has 17 heavy (non-hydrogen) atoms. The van der Waals surface area contributed by atoms with E-state index in [1.807, 2.05) is 20.8 Å². The second-order valence-electron chi connectivity index (χ2n) is 4.80. The van der Waals surface area contributed by atoms with Gasteiger partial charge < -0.3 is 5.32 Å². The van der Waals surface area contributed by atoms with Gasteiger partial charge in [0.2, 0.25) is 0 Å². The summed E-state index contributed by atoms with van der Waals surface area (Å²) in [6.07, 6.45) is 1.80. The van der Waals surface area contributed by atoms with Gasteiger partial charge in [0.1, 0.15) is 0 Å². The van der Waals surface area contributed by atoms with Gasteiger partial charge in [-0.2, -0.15) is 17.0 Å². The molecule has 1 saturated heterocycles. The van der Waals surface area contributed by atoms with Crippen LogP contribution < -0.4 is 5.32 Å². The highest BCUT2D eigenvalue weighted by molar-refractivity contribution is 7.86. The summed E-state index contributed by atoms with van der Waals surface area (Å²) in [5.74, 6) is 0. The second kappa shape index (κ2) is 6.13. The van der Waals surface area contributed by atoms with Gasteiger partial charge in [0.05, 0.1) is 0 Å². The van der Waals surface area contributed by atoms with Crippen LogP contribution >= 0.6 is 0 Å². The molecular weight excluding hydrogens is 238 g/mol. The molecule has 1 N–H and O–H groups in total. The summed E-state index contributed by atoms with van der Waals surface area (Å²) in [5, 5.41) is 3.26. The van der Waals surface area contributed by atoms with Crippen LogP contribution in [0.3, 0.4) is 0 Å². The molecule has 0 aliphatic carbocycles. The molecule has 0 aromatic heterocycles. The molecule has 5 nitrogen and oxygen atoms in total. The Bertz CT molecular complexity index is 324. The van der Waals surface area contributed by atoms with Crippen LogP contribution in [0.5, 0.6) is 0 Å². The monoisotopic (exact) mass is 263 g/mol. The summed E-state index contributed by atoms with van der Waals surface area (Å²) in [6, 6.07) is 0.142. The van der Waals surface area contributed by atoms with E-state index in [9.17, 15) is 8.42 Å². The van der Waals surface area contributed by atoms with E-state index < -0.39 is 10.2 Å². The number of piperidine rings is 1. The quantitative estimate of drug-likeness (QED) is 0.792. The van der Waals surface area contributed by atoms with Crippen LogP contribution in [0.15, 0.2) is 0 Å². The van der Waals surface area contributed by atoms with Crippen LogP contribution in [-0.4, -0.2) is 55.8 Å². The van der Waals surface area contributed by atoms with Crippen molar-refractivity contribution in [3.63, 3.8) is 0 Å². The number of rotatable bonds is 5. The molecule has 1 aliphatic rings. The Labute approximate surface area is 105 Å². The SMILES string of the molecule is CCN(C1CCNCC1)S(=O)(=O)N(C)C(C)C. The van der Waals surface area contributed by atoms with Gasteiger partial charge in [-0.1, -0.05) is 6.92 Å². The fraction of sp³-hybridized carbons (Fsp3) is 1.00. The molecule has 0 unspecified atom stereocenters. The lowest BCUT2D eigenvalue weighted by molar-refractivity contribution is 0.247. The van der Waals surface area contributed by atoms with Crippen molar-refractivity contribution >= 4 is 10.2 Å². The van der Waals surface area contributed by atoms with E-state index in [-0.39, 0.29) is 12.1 Å². The van der Waals surface area contributed by atoms with Crippen molar-refractivity contribution in [2.45, 2.75) is 45.7 Å². The highest BCUT2D eigenvalue weighted by Crippen LogP contribution is 2.19. The third kappa shape index (κ3) is 3.40. The van der Waals surface area contributed by atoms with Gasteiger partial charge in [-0.25, -0.2) is 0 Å². The minimum atomic E-state index is -3.31. The van der Waals surface area contributed by atoms with Gasteiger partial charge in [0.15, 0.2) is 0 Å². The standard InChI is InChI=1S/C11H25N3O2S/c1-5-14(11-6-8-12-9-7-11)17(15,16)13(4)10(2)3/h10-12H,5-9H2,1-4H3. The van der Waals surface area contributed by atoms with Crippen molar-refractivity contribution in [1.82, 2.24) is 13.9 Å². The first kappa shape index (κ1) is 14.9. The van der Waals surface area contributed by atoms with E-state index in [1.165, 1.54) is 4.31 Å². The van der Waals surface area contributed by atoms with Gasteiger partial charge in [0, 0.05) is 25.7 Å². The predicted molar refractivity (Wildman–Crippen MR) is 70.1 cm³/mol. The topological polar surface area (TPSA) is 52.7 Å². The molecule has 0 atom stereocenters. The van der Waals surface area contributed by atoms with E-state index in [0.717, 1.165) is 25.9 Å². The Morgan fingerprint density at radius 2 is 1.82 bits per heavy atom. The molecule has 0 bridgehead atoms. The lowest BCUT2D eigenvalue weighted by Gasteiger charge is -2.36. The van der Waals surface area contributed by atoms with E-state index in [1.54, 1.807) is 11.4 Å². The highest BCUT2D eigenvalue weighted by atomic mass is 32.2. The van der Waals surface area contributed by atoms with Crippen molar-refractivity contribution in [3.8, 4) is 0 Å². The summed E-state index contributed by atoms with van der Waals surface area (Å²) >= 11 is 0. The summed E-state index contributed by atoms with van der Waals surface area (Å²) < 4.78 is 28.0. The molecule has 1 heterocycles. The van der Waals surface area contributed by atoms with Crippen LogP contribution in [0.4, 0.5) is 0 Å². The van der Waals surface area contributed by atoms with Gasteiger partial charge >= 0.3 is 0 Å². The maximum absolute atomic E-state index is 12.4. The third-order valence-electron chi connectivity index (χ3n) is 3.42. The molecular formula is C11H25N3O2S. The largest absolute Gasteiger partial charge is 0.317 e. The molecule has 6 heteroatoms. The number of hydrogen-bond donors (Lipinski definition) is 1. The van der Waals surface area contributed by atoms with Crippen molar-refractivity contribution in [2.75, 3.05) is 26.7 Å². The van der Waals surface area contributed by atoms with Gasteiger partial charge in [-0.3, -0.25) is 0 Å². The normalized spacial score (nSPS) is 19.5. The van der Waals surface area contributed by atoms with Crippen molar-refractivity contribution < 1.29 is 8.42 Å². The first-order valence-corrected chi connectivity index (χ1v) is 7.76. The minimum absolute atomic E-state index is 0.00392. The zero-order valence-corrected chi connectivity index (χ0v) is 12.1. The van der Waals surface area contributed by atoms with Crippen LogP contribution in [0.25, 0.3) is 0 Å². The lowest BCUT2D eigenvalue weighted by atomic mass is 10.1. The van der Waals surface area contributed by atoms with Gasteiger partial charge in [-0.15, -0.1) is 0 Å². The lowest BCUT2D eigenvalue weighted by Crippen LogP contribution is -2.51. The molecule has 0 amide bonds. The molecule has 0 radical (unpaired) electrons. The Morgan fingerprint density at radius 3 is 2.24 bits per heavy atom. The zero-order valence-electron chi connectivity index (χ0n) is 11.3. The first-order chi connectivity index (χ1) is 7.91. The summed E-state index contributed by atoms with van der Waals surface area (Å²) in [4.78, 5) is 0. The maximum atomic E-state index is 12.4. The summed E-state index contributed by atoms with van der Waals surface area (Å²) in [7, 11) is -1.65. The van der Waals surface area contributed by atoms with E-state index in [2.05, 4.69) is 5.32 Å². The van der Waals surface area contributed by atoms with E-state index in [4.69, 9.17) is 0 Å². The molecule has 1 rings (SSSR count). The smallest absolute Gasteiger partial charge is 0.282 e. The van der Waals surface area contributed by atoms with Crippen LogP contribution in [0.1, 0.15) is 33.6 Å². The molecule has 0 aromatic carbocycles. The molecule has 0 aromatic rings.